The summed E-state index contributed by atoms with van der Waals surface area (Å²) in [5, 5.41) is 13.1. The molecule has 0 saturated heterocycles. The summed E-state index contributed by atoms with van der Waals surface area (Å²) in [5.41, 5.74) is 0. The van der Waals surface area contributed by atoms with Crippen LogP contribution in [0.5, 0.6) is 0 Å². The van der Waals surface area contributed by atoms with Crippen LogP contribution in [-0.4, -0.2) is 40.4 Å². The maximum Gasteiger partial charge on any atom is 0.336 e. The molecule has 0 aliphatic rings. The van der Waals surface area contributed by atoms with Crippen molar-refractivity contribution in [3.63, 3.8) is 0 Å². The molecule has 0 saturated carbocycles. The molecular formula is C3H10N2O7S. The van der Waals surface area contributed by atoms with Crippen molar-refractivity contribution in [1.29, 1.82) is 0 Å². The summed E-state index contributed by atoms with van der Waals surface area (Å²) in [7, 11) is -5.06. The Morgan fingerprint density at radius 3 is 1.23 bits per heavy atom. The second kappa shape index (κ2) is 5.42. The quantitative estimate of drug-likeness (QED) is 0.283. The Morgan fingerprint density at radius 2 is 1.23 bits per heavy atom. The minimum atomic E-state index is -5.06. The number of rotatable bonds is 3. The Bertz CT molecular complexity index is 268. The number of carbonyl (C=O) groups is 2. The van der Waals surface area contributed by atoms with E-state index in [-0.39, 0.29) is 12.3 Å². The average Bonchev–Trinajstić information content (AvgIpc) is 1.54. The molecule has 0 aromatic carbocycles. The molecule has 0 aliphatic heterocycles. The highest BCUT2D eigenvalue weighted by Crippen LogP contribution is 1.98. The highest BCUT2D eigenvalue weighted by atomic mass is 32.2. The van der Waals surface area contributed by atoms with Gasteiger partial charge in [-0.3, -0.25) is 14.1 Å². The van der Waals surface area contributed by atoms with E-state index in [1.165, 1.54) is 0 Å². The molecular weight excluding hydrogens is 208 g/mol. The van der Waals surface area contributed by atoms with E-state index >= 15 is 0 Å². The van der Waals surface area contributed by atoms with Crippen LogP contribution in [0, 0.1) is 0 Å². The van der Waals surface area contributed by atoms with Gasteiger partial charge < -0.3 is 22.5 Å². The Labute approximate surface area is 73.3 Å². The van der Waals surface area contributed by atoms with Gasteiger partial charge in [-0.2, -0.15) is 8.42 Å². The largest absolute Gasteiger partial charge is 0.480 e. The van der Waals surface area contributed by atoms with Crippen molar-refractivity contribution < 1.29 is 32.8 Å². The number of carboxylic acid groups (broad SMARTS) is 2. The van der Waals surface area contributed by atoms with Gasteiger partial charge in [0.2, 0.25) is 0 Å². The van der Waals surface area contributed by atoms with Crippen molar-refractivity contribution in [2.24, 2.45) is 0 Å². The Hall–Kier alpha value is -1.23. The Kier molecular flexibility index (Phi) is 7.40. The predicted molar refractivity (Wildman–Crippen MR) is 40.7 cm³/mol. The van der Waals surface area contributed by atoms with Crippen molar-refractivity contribution in [3.05, 3.63) is 0 Å². The van der Waals surface area contributed by atoms with Crippen LogP contribution >= 0.6 is 0 Å². The molecule has 0 amide bonds. The van der Waals surface area contributed by atoms with E-state index in [2.05, 4.69) is 0 Å². The first-order valence-corrected chi connectivity index (χ1v) is 3.69. The fourth-order valence-electron chi connectivity index (χ4n) is 0.360. The molecule has 0 aromatic heterocycles. The number of carboxylic acids is 2. The monoisotopic (exact) mass is 218 g/mol. The van der Waals surface area contributed by atoms with Crippen LogP contribution in [0.25, 0.3) is 0 Å². The summed E-state index contributed by atoms with van der Waals surface area (Å²) in [6.45, 7) is 0. The maximum atomic E-state index is 10.0. The molecule has 0 spiro atoms. The Balaban J connectivity index is -0.000000500. The summed E-state index contributed by atoms with van der Waals surface area (Å²) < 4.78 is 28.0. The van der Waals surface area contributed by atoms with Crippen molar-refractivity contribution in [3.8, 4) is 0 Å². The molecule has 0 bridgehead atoms. The van der Waals surface area contributed by atoms with E-state index in [0.717, 1.165) is 0 Å². The number of hydrogen-bond acceptors (Lipinski definition) is 6. The highest BCUT2D eigenvalue weighted by Gasteiger charge is 2.38. The molecule has 0 aromatic rings. The third-order valence-corrected chi connectivity index (χ3v) is 1.75. The zero-order valence-corrected chi connectivity index (χ0v) is 7.19. The third-order valence-electron chi connectivity index (χ3n) is 0.746. The molecule has 0 rings (SSSR count). The van der Waals surface area contributed by atoms with Crippen molar-refractivity contribution >= 4 is 22.1 Å². The van der Waals surface area contributed by atoms with E-state index in [9.17, 15) is 18.0 Å². The molecule has 0 atom stereocenters. The van der Waals surface area contributed by atoms with Gasteiger partial charge in [0.1, 0.15) is 0 Å². The van der Waals surface area contributed by atoms with Crippen molar-refractivity contribution in [2.45, 2.75) is 5.25 Å². The highest BCUT2D eigenvalue weighted by molar-refractivity contribution is 7.88. The van der Waals surface area contributed by atoms with Gasteiger partial charge in [-0.25, -0.2) is 0 Å². The smallest absolute Gasteiger partial charge is 0.336 e. The van der Waals surface area contributed by atoms with Crippen LogP contribution in [0.2, 0.25) is 0 Å². The minimum absolute atomic E-state index is 0. The number of hydrogen-bond donors (Lipinski definition) is 5. The summed E-state index contributed by atoms with van der Waals surface area (Å²) in [6, 6.07) is 0. The molecule has 0 fully saturated rings. The van der Waals surface area contributed by atoms with Gasteiger partial charge in [-0.05, 0) is 0 Å². The predicted octanol–water partition coefficient (Wildman–Crippen LogP) is -1.26. The fraction of sp³-hybridized carbons (Fsp3) is 0.333. The molecule has 9 N–H and O–H groups in total. The van der Waals surface area contributed by atoms with Gasteiger partial charge in [0.05, 0.1) is 0 Å². The van der Waals surface area contributed by atoms with Gasteiger partial charge in [0, 0.05) is 0 Å². The van der Waals surface area contributed by atoms with E-state index < -0.39 is 27.3 Å². The van der Waals surface area contributed by atoms with Crippen LogP contribution in [-0.2, 0) is 19.7 Å². The third kappa shape index (κ3) is 5.08. The summed E-state index contributed by atoms with van der Waals surface area (Å²) in [4.78, 5) is 19.7. The average molecular weight is 218 g/mol. The standard InChI is InChI=1S/C3H4O7S.2H3N/c4-2(5)1(3(6)7)11(8,9)10;;/h1H,(H,4,5)(H,6,7)(H,8,9,10);2*1H3. The second-order valence-electron chi connectivity index (χ2n) is 1.57. The van der Waals surface area contributed by atoms with E-state index in [1.54, 1.807) is 0 Å². The van der Waals surface area contributed by atoms with Crippen LogP contribution < -0.4 is 12.3 Å². The van der Waals surface area contributed by atoms with Gasteiger partial charge in [-0.1, -0.05) is 0 Å². The van der Waals surface area contributed by atoms with Gasteiger partial charge >= 0.3 is 11.9 Å². The Morgan fingerprint density at radius 1 is 1.00 bits per heavy atom. The zero-order valence-electron chi connectivity index (χ0n) is 6.37. The van der Waals surface area contributed by atoms with E-state index in [0.29, 0.717) is 0 Å². The second-order valence-corrected chi connectivity index (χ2v) is 3.07. The van der Waals surface area contributed by atoms with E-state index in [1.807, 2.05) is 0 Å². The van der Waals surface area contributed by atoms with Crippen LogP contribution in [0.4, 0.5) is 0 Å². The van der Waals surface area contributed by atoms with E-state index in [4.69, 9.17) is 14.8 Å². The molecule has 0 aliphatic carbocycles. The van der Waals surface area contributed by atoms with Gasteiger partial charge in [-0.15, -0.1) is 0 Å². The van der Waals surface area contributed by atoms with Crippen molar-refractivity contribution in [2.75, 3.05) is 0 Å². The normalized spacial score (nSPS) is 9.69. The molecule has 9 nitrogen and oxygen atoms in total. The zero-order chi connectivity index (χ0) is 9.23. The lowest BCUT2D eigenvalue weighted by molar-refractivity contribution is -0.146. The number of aliphatic carboxylic acids is 2. The summed E-state index contributed by atoms with van der Waals surface area (Å²) in [5.74, 6) is -4.25. The SMILES string of the molecule is N.N.O=C(O)C(C(=O)O)S(=O)(=O)O. The summed E-state index contributed by atoms with van der Waals surface area (Å²) >= 11 is 0. The van der Waals surface area contributed by atoms with Crippen LogP contribution in [0.15, 0.2) is 0 Å². The van der Waals surface area contributed by atoms with Crippen LogP contribution in [0.1, 0.15) is 0 Å². The molecule has 10 heteroatoms. The lowest BCUT2D eigenvalue weighted by Crippen LogP contribution is -2.37. The lowest BCUT2D eigenvalue weighted by atomic mass is 10.4. The van der Waals surface area contributed by atoms with Crippen molar-refractivity contribution in [1.82, 2.24) is 12.3 Å². The van der Waals surface area contributed by atoms with Gasteiger partial charge in [0.25, 0.3) is 15.4 Å². The lowest BCUT2D eigenvalue weighted by Gasteiger charge is -2.01. The maximum absolute atomic E-state index is 10.0. The van der Waals surface area contributed by atoms with Crippen LogP contribution in [0.3, 0.4) is 0 Å². The molecule has 0 heterocycles. The minimum Gasteiger partial charge on any atom is -0.480 e. The molecule has 13 heavy (non-hydrogen) atoms. The topological polar surface area (TPSA) is 199 Å². The molecule has 80 valence electrons. The fourth-order valence-corrected chi connectivity index (χ4v) is 0.870. The molecule has 0 unspecified atom stereocenters. The van der Waals surface area contributed by atoms with Gasteiger partial charge in [0.15, 0.2) is 0 Å². The first kappa shape index (κ1) is 17.8. The first-order chi connectivity index (χ1) is 4.76. The first-order valence-electron chi connectivity index (χ1n) is 2.18. The summed E-state index contributed by atoms with van der Waals surface area (Å²) in [6.07, 6.45) is 0. The molecule has 0 radical (unpaired) electrons.